The minimum atomic E-state index is 0.446. The van der Waals surface area contributed by atoms with Crippen LogP contribution >= 0.6 is 0 Å². The maximum atomic E-state index is 5.71. The molecule has 1 aromatic rings. The van der Waals surface area contributed by atoms with Crippen molar-refractivity contribution in [3.8, 4) is 5.88 Å². The fourth-order valence-electron chi connectivity index (χ4n) is 1.44. The van der Waals surface area contributed by atoms with E-state index in [1.165, 1.54) is 11.1 Å². The topological polar surface area (TPSA) is 25.4 Å². The predicted molar refractivity (Wildman–Crippen MR) is 67.1 cm³/mol. The Kier molecular flexibility index (Phi) is 4.74. The molecule has 0 N–H and O–H groups in total. The molecule has 3 heteroatoms. The van der Waals surface area contributed by atoms with E-state index in [0.29, 0.717) is 12.5 Å². The summed E-state index contributed by atoms with van der Waals surface area (Å²) in [7, 11) is 4.07. The lowest BCUT2D eigenvalue weighted by atomic mass is 10.0. The fraction of sp³-hybridized carbons (Fsp3) is 0.615. The number of pyridine rings is 1. The number of likely N-dealkylation sites (N-methyl/N-ethyl adjacent to an activating group) is 1. The molecule has 0 aliphatic heterocycles. The highest BCUT2D eigenvalue weighted by Gasteiger charge is 2.09. The Hall–Kier alpha value is -1.09. The molecule has 16 heavy (non-hydrogen) atoms. The summed E-state index contributed by atoms with van der Waals surface area (Å²) in [6, 6.07) is 2.16. The van der Waals surface area contributed by atoms with Crippen LogP contribution in [0.2, 0.25) is 0 Å². The maximum Gasteiger partial charge on any atom is 0.216 e. The van der Waals surface area contributed by atoms with E-state index in [4.69, 9.17) is 4.74 Å². The molecule has 0 atom stereocenters. The molecule has 0 saturated heterocycles. The van der Waals surface area contributed by atoms with Crippen LogP contribution < -0.4 is 4.74 Å². The number of aromatic nitrogens is 1. The molecule has 1 aromatic heterocycles. The van der Waals surface area contributed by atoms with Crippen molar-refractivity contribution in [2.75, 3.05) is 27.2 Å². The second kappa shape index (κ2) is 5.85. The van der Waals surface area contributed by atoms with Crippen molar-refractivity contribution >= 4 is 0 Å². The van der Waals surface area contributed by atoms with Crippen LogP contribution in [-0.4, -0.2) is 37.1 Å². The van der Waals surface area contributed by atoms with Gasteiger partial charge in [-0.05, 0) is 38.6 Å². The van der Waals surface area contributed by atoms with Crippen molar-refractivity contribution in [1.82, 2.24) is 9.88 Å². The molecular formula is C13H22N2O. The van der Waals surface area contributed by atoms with Gasteiger partial charge in [-0.3, -0.25) is 0 Å². The third-order valence-electron chi connectivity index (χ3n) is 2.41. The Morgan fingerprint density at radius 2 is 2.06 bits per heavy atom. The summed E-state index contributed by atoms with van der Waals surface area (Å²) >= 11 is 0. The van der Waals surface area contributed by atoms with E-state index < -0.39 is 0 Å². The number of ether oxygens (including phenoxy) is 1. The van der Waals surface area contributed by atoms with Gasteiger partial charge in [0.1, 0.15) is 6.61 Å². The van der Waals surface area contributed by atoms with Gasteiger partial charge in [0.15, 0.2) is 0 Å². The largest absolute Gasteiger partial charge is 0.476 e. The third-order valence-corrected chi connectivity index (χ3v) is 2.41. The van der Waals surface area contributed by atoms with Crippen LogP contribution in [0.3, 0.4) is 0 Å². The number of hydrogen-bond donors (Lipinski definition) is 0. The zero-order valence-electron chi connectivity index (χ0n) is 10.9. The van der Waals surface area contributed by atoms with Crippen LogP contribution in [0, 0.1) is 6.92 Å². The Labute approximate surface area is 98.4 Å². The lowest BCUT2D eigenvalue weighted by Crippen LogP contribution is -2.20. The molecule has 0 aliphatic carbocycles. The van der Waals surface area contributed by atoms with Crippen LogP contribution in [0.5, 0.6) is 5.88 Å². The summed E-state index contributed by atoms with van der Waals surface area (Å²) in [4.78, 5) is 6.46. The molecule has 0 saturated carbocycles. The van der Waals surface area contributed by atoms with Crippen molar-refractivity contribution in [1.29, 1.82) is 0 Å². The van der Waals surface area contributed by atoms with E-state index in [9.17, 15) is 0 Å². The molecule has 0 spiro atoms. The van der Waals surface area contributed by atoms with Crippen LogP contribution in [0.1, 0.15) is 30.9 Å². The van der Waals surface area contributed by atoms with Gasteiger partial charge in [0.25, 0.3) is 0 Å². The zero-order valence-corrected chi connectivity index (χ0v) is 10.9. The van der Waals surface area contributed by atoms with Crippen molar-refractivity contribution in [2.45, 2.75) is 26.7 Å². The third kappa shape index (κ3) is 3.81. The van der Waals surface area contributed by atoms with E-state index in [-0.39, 0.29) is 0 Å². The Balaban J connectivity index is 2.71. The van der Waals surface area contributed by atoms with Gasteiger partial charge in [-0.25, -0.2) is 4.98 Å². The molecule has 0 radical (unpaired) electrons. The average molecular weight is 222 g/mol. The molecule has 0 bridgehead atoms. The molecule has 0 fully saturated rings. The number of hydrogen-bond acceptors (Lipinski definition) is 3. The molecule has 0 unspecified atom stereocenters. The van der Waals surface area contributed by atoms with Crippen molar-refractivity contribution < 1.29 is 4.74 Å². The second-order valence-electron chi connectivity index (χ2n) is 4.71. The van der Waals surface area contributed by atoms with Gasteiger partial charge in [-0.2, -0.15) is 0 Å². The van der Waals surface area contributed by atoms with E-state index >= 15 is 0 Å². The Morgan fingerprint density at radius 3 is 2.62 bits per heavy atom. The highest BCUT2D eigenvalue weighted by atomic mass is 16.5. The fourth-order valence-corrected chi connectivity index (χ4v) is 1.44. The summed E-state index contributed by atoms with van der Waals surface area (Å²) < 4.78 is 5.71. The van der Waals surface area contributed by atoms with Gasteiger partial charge in [-0.1, -0.05) is 13.8 Å². The van der Waals surface area contributed by atoms with Crippen molar-refractivity contribution in [3.05, 3.63) is 23.4 Å². The van der Waals surface area contributed by atoms with Crippen LogP contribution in [0.4, 0.5) is 0 Å². The molecule has 3 nitrogen and oxygen atoms in total. The smallest absolute Gasteiger partial charge is 0.216 e. The van der Waals surface area contributed by atoms with Crippen LogP contribution in [0.25, 0.3) is 0 Å². The van der Waals surface area contributed by atoms with Crippen molar-refractivity contribution in [3.63, 3.8) is 0 Å². The molecule has 0 aromatic carbocycles. The van der Waals surface area contributed by atoms with E-state index in [1.807, 2.05) is 20.3 Å². The Bertz CT molecular complexity index is 335. The minimum absolute atomic E-state index is 0.446. The Morgan fingerprint density at radius 1 is 1.38 bits per heavy atom. The van der Waals surface area contributed by atoms with E-state index in [2.05, 4.69) is 36.7 Å². The number of rotatable bonds is 5. The summed E-state index contributed by atoms with van der Waals surface area (Å²) in [5.74, 6) is 1.23. The number of aryl methyl sites for hydroxylation is 1. The summed E-state index contributed by atoms with van der Waals surface area (Å²) in [5.41, 5.74) is 2.38. The van der Waals surface area contributed by atoms with Gasteiger partial charge in [0.05, 0.1) is 0 Å². The van der Waals surface area contributed by atoms with Crippen molar-refractivity contribution in [2.24, 2.45) is 0 Å². The lowest BCUT2D eigenvalue weighted by molar-refractivity contribution is 0.251. The van der Waals surface area contributed by atoms with Gasteiger partial charge in [0.2, 0.25) is 5.88 Å². The molecule has 1 heterocycles. The van der Waals surface area contributed by atoms with Gasteiger partial charge in [0, 0.05) is 18.3 Å². The molecular weight excluding hydrogens is 200 g/mol. The predicted octanol–water partition coefficient (Wildman–Crippen LogP) is 2.45. The minimum Gasteiger partial charge on any atom is -0.476 e. The second-order valence-corrected chi connectivity index (χ2v) is 4.71. The first-order chi connectivity index (χ1) is 7.50. The van der Waals surface area contributed by atoms with E-state index in [1.54, 1.807) is 0 Å². The first kappa shape index (κ1) is 13.0. The quantitative estimate of drug-likeness (QED) is 0.765. The summed E-state index contributed by atoms with van der Waals surface area (Å²) in [6.07, 6.45) is 1.86. The normalized spacial score (nSPS) is 11.2. The zero-order chi connectivity index (χ0) is 12.1. The standard InChI is InChI=1S/C13H22N2O/c1-10(2)12-8-11(3)9-14-13(12)16-7-6-15(4)5/h8-10H,6-7H2,1-5H3. The summed E-state index contributed by atoms with van der Waals surface area (Å²) in [6.45, 7) is 7.98. The number of nitrogens with zero attached hydrogens (tertiary/aromatic N) is 2. The highest BCUT2D eigenvalue weighted by molar-refractivity contribution is 5.31. The first-order valence-electron chi connectivity index (χ1n) is 5.74. The molecule has 0 aliphatic rings. The monoisotopic (exact) mass is 222 g/mol. The average Bonchev–Trinajstić information content (AvgIpc) is 2.19. The maximum absolute atomic E-state index is 5.71. The lowest BCUT2D eigenvalue weighted by Gasteiger charge is -2.15. The highest BCUT2D eigenvalue weighted by Crippen LogP contribution is 2.24. The van der Waals surface area contributed by atoms with E-state index in [0.717, 1.165) is 12.4 Å². The van der Waals surface area contributed by atoms with Gasteiger partial charge >= 0.3 is 0 Å². The van der Waals surface area contributed by atoms with Crippen LogP contribution in [-0.2, 0) is 0 Å². The first-order valence-corrected chi connectivity index (χ1v) is 5.74. The molecule has 1 rings (SSSR count). The van der Waals surface area contributed by atoms with Gasteiger partial charge in [-0.15, -0.1) is 0 Å². The molecule has 90 valence electrons. The van der Waals surface area contributed by atoms with Gasteiger partial charge < -0.3 is 9.64 Å². The molecule has 0 amide bonds. The SMILES string of the molecule is Cc1cnc(OCCN(C)C)c(C(C)C)c1. The van der Waals surface area contributed by atoms with Crippen LogP contribution in [0.15, 0.2) is 12.3 Å². The summed E-state index contributed by atoms with van der Waals surface area (Å²) in [5, 5.41) is 0.